The molecular formula is C9H16O6. The molecule has 1 saturated heterocycles. The molecule has 0 saturated carbocycles. The lowest BCUT2D eigenvalue weighted by atomic mass is 10.1. The SMILES string of the molecule is COC(=O)CO[C@H]1[C@@H](O)[C@@H](CO)O[C@H]1C. The average Bonchev–Trinajstić information content (AvgIpc) is 2.51. The number of aliphatic hydroxyl groups excluding tert-OH is 2. The Hall–Kier alpha value is -0.690. The van der Waals surface area contributed by atoms with Gasteiger partial charge in [0.15, 0.2) is 0 Å². The van der Waals surface area contributed by atoms with Gasteiger partial charge in [-0.05, 0) is 6.92 Å². The number of methoxy groups -OCH3 is 1. The van der Waals surface area contributed by atoms with Gasteiger partial charge in [-0.25, -0.2) is 4.79 Å². The minimum atomic E-state index is -0.922. The molecule has 0 bridgehead atoms. The minimum Gasteiger partial charge on any atom is -0.467 e. The summed E-state index contributed by atoms with van der Waals surface area (Å²) in [5.74, 6) is -0.512. The molecule has 15 heavy (non-hydrogen) atoms. The second-order valence-electron chi connectivity index (χ2n) is 3.40. The normalized spacial score (nSPS) is 35.5. The summed E-state index contributed by atoms with van der Waals surface area (Å²) < 4.78 is 14.8. The molecule has 4 atom stereocenters. The van der Waals surface area contributed by atoms with Crippen LogP contribution >= 0.6 is 0 Å². The first-order valence-corrected chi connectivity index (χ1v) is 4.73. The number of hydrogen-bond acceptors (Lipinski definition) is 6. The van der Waals surface area contributed by atoms with Crippen LogP contribution in [0.25, 0.3) is 0 Å². The predicted octanol–water partition coefficient (Wildman–Crippen LogP) is -1.31. The Morgan fingerprint density at radius 3 is 2.67 bits per heavy atom. The number of rotatable bonds is 4. The van der Waals surface area contributed by atoms with Crippen molar-refractivity contribution in [3.05, 3.63) is 0 Å². The summed E-state index contributed by atoms with van der Waals surface area (Å²) >= 11 is 0. The fourth-order valence-electron chi connectivity index (χ4n) is 1.53. The van der Waals surface area contributed by atoms with Crippen LogP contribution < -0.4 is 0 Å². The Balaban J connectivity index is 2.44. The van der Waals surface area contributed by atoms with E-state index in [0.29, 0.717) is 0 Å². The standard InChI is InChI=1S/C9H16O6/c1-5-9(14-4-7(11)13-2)8(12)6(3-10)15-5/h5-6,8-10,12H,3-4H2,1-2H3/t5-,6+,8-,9+/m0/s1. The summed E-state index contributed by atoms with van der Waals surface area (Å²) in [6.07, 6.45) is -2.54. The van der Waals surface area contributed by atoms with Crippen LogP contribution in [0.5, 0.6) is 0 Å². The van der Waals surface area contributed by atoms with E-state index in [9.17, 15) is 9.90 Å². The number of carbonyl (C=O) groups is 1. The molecular weight excluding hydrogens is 204 g/mol. The third-order valence-corrected chi connectivity index (χ3v) is 2.37. The molecule has 6 heteroatoms. The molecule has 88 valence electrons. The van der Waals surface area contributed by atoms with Gasteiger partial charge < -0.3 is 24.4 Å². The summed E-state index contributed by atoms with van der Waals surface area (Å²) in [6, 6.07) is 0. The van der Waals surface area contributed by atoms with Gasteiger partial charge in [0.2, 0.25) is 0 Å². The van der Waals surface area contributed by atoms with E-state index >= 15 is 0 Å². The number of aliphatic hydroxyl groups is 2. The summed E-state index contributed by atoms with van der Waals surface area (Å²) in [5, 5.41) is 18.5. The van der Waals surface area contributed by atoms with Crippen molar-refractivity contribution in [1.29, 1.82) is 0 Å². The van der Waals surface area contributed by atoms with Crippen molar-refractivity contribution in [2.45, 2.75) is 31.3 Å². The molecule has 0 aliphatic carbocycles. The Labute approximate surface area is 87.7 Å². The van der Waals surface area contributed by atoms with E-state index in [2.05, 4.69) is 4.74 Å². The quantitative estimate of drug-likeness (QED) is 0.572. The van der Waals surface area contributed by atoms with Crippen LogP contribution in [0.2, 0.25) is 0 Å². The van der Waals surface area contributed by atoms with Gasteiger partial charge in [0, 0.05) is 0 Å². The highest BCUT2D eigenvalue weighted by Gasteiger charge is 2.41. The molecule has 6 nitrogen and oxygen atoms in total. The van der Waals surface area contributed by atoms with Crippen molar-refractivity contribution in [3.8, 4) is 0 Å². The summed E-state index contributed by atoms with van der Waals surface area (Å²) in [6.45, 7) is 1.20. The van der Waals surface area contributed by atoms with Crippen LogP contribution in [0.3, 0.4) is 0 Å². The molecule has 0 spiro atoms. The van der Waals surface area contributed by atoms with Crippen molar-refractivity contribution >= 4 is 5.97 Å². The predicted molar refractivity (Wildman–Crippen MR) is 49.2 cm³/mol. The largest absolute Gasteiger partial charge is 0.467 e. The van der Waals surface area contributed by atoms with E-state index in [1.807, 2.05) is 0 Å². The molecule has 1 fully saturated rings. The highest BCUT2D eigenvalue weighted by molar-refractivity contribution is 5.70. The van der Waals surface area contributed by atoms with Crippen molar-refractivity contribution in [2.75, 3.05) is 20.3 Å². The molecule has 0 aromatic carbocycles. The van der Waals surface area contributed by atoms with E-state index in [1.54, 1.807) is 6.92 Å². The van der Waals surface area contributed by atoms with E-state index in [4.69, 9.17) is 14.6 Å². The molecule has 1 heterocycles. The average molecular weight is 220 g/mol. The zero-order chi connectivity index (χ0) is 11.4. The Bertz CT molecular complexity index is 219. The number of esters is 1. The zero-order valence-corrected chi connectivity index (χ0v) is 8.75. The minimum absolute atomic E-state index is 0.232. The van der Waals surface area contributed by atoms with Crippen LogP contribution in [-0.4, -0.2) is 60.9 Å². The van der Waals surface area contributed by atoms with Gasteiger partial charge in [-0.3, -0.25) is 0 Å². The fourth-order valence-corrected chi connectivity index (χ4v) is 1.53. The van der Waals surface area contributed by atoms with Crippen molar-refractivity contribution in [2.24, 2.45) is 0 Å². The first-order chi connectivity index (χ1) is 7.10. The van der Waals surface area contributed by atoms with Crippen LogP contribution in [0, 0.1) is 0 Å². The molecule has 1 rings (SSSR count). The third kappa shape index (κ3) is 2.88. The van der Waals surface area contributed by atoms with Crippen molar-refractivity contribution in [3.63, 3.8) is 0 Å². The molecule has 0 amide bonds. The van der Waals surface area contributed by atoms with Gasteiger partial charge in [-0.1, -0.05) is 0 Å². The monoisotopic (exact) mass is 220 g/mol. The second kappa shape index (κ2) is 5.41. The highest BCUT2D eigenvalue weighted by atomic mass is 16.6. The smallest absolute Gasteiger partial charge is 0.331 e. The molecule has 1 aliphatic rings. The third-order valence-electron chi connectivity index (χ3n) is 2.37. The summed E-state index contributed by atoms with van der Waals surface area (Å²) in [5.41, 5.74) is 0. The fraction of sp³-hybridized carbons (Fsp3) is 0.889. The zero-order valence-electron chi connectivity index (χ0n) is 8.75. The molecule has 2 N–H and O–H groups in total. The number of carbonyl (C=O) groups excluding carboxylic acids is 1. The first-order valence-electron chi connectivity index (χ1n) is 4.73. The van der Waals surface area contributed by atoms with Crippen LogP contribution in [0.15, 0.2) is 0 Å². The van der Waals surface area contributed by atoms with E-state index in [0.717, 1.165) is 0 Å². The van der Waals surface area contributed by atoms with Gasteiger partial charge in [0.05, 0.1) is 19.8 Å². The van der Waals surface area contributed by atoms with Gasteiger partial charge in [0.25, 0.3) is 0 Å². The number of hydrogen-bond donors (Lipinski definition) is 2. The summed E-state index contributed by atoms with van der Waals surface area (Å²) in [7, 11) is 1.26. The van der Waals surface area contributed by atoms with Crippen molar-refractivity contribution in [1.82, 2.24) is 0 Å². The molecule has 0 aromatic rings. The summed E-state index contributed by atoms with van der Waals surface area (Å²) in [4.78, 5) is 10.8. The van der Waals surface area contributed by atoms with Gasteiger partial charge in [0.1, 0.15) is 24.9 Å². The van der Waals surface area contributed by atoms with Crippen LogP contribution in [-0.2, 0) is 19.0 Å². The molecule has 0 unspecified atom stereocenters. The molecule has 0 aromatic heterocycles. The second-order valence-corrected chi connectivity index (χ2v) is 3.40. The maximum Gasteiger partial charge on any atom is 0.331 e. The molecule has 0 radical (unpaired) electrons. The van der Waals surface area contributed by atoms with E-state index in [-0.39, 0.29) is 19.3 Å². The topological polar surface area (TPSA) is 85.2 Å². The Morgan fingerprint density at radius 2 is 2.20 bits per heavy atom. The molecule has 1 aliphatic heterocycles. The first kappa shape index (κ1) is 12.4. The van der Waals surface area contributed by atoms with Crippen LogP contribution in [0.1, 0.15) is 6.92 Å². The van der Waals surface area contributed by atoms with Gasteiger partial charge >= 0.3 is 5.97 Å². The maximum absolute atomic E-state index is 10.8. The van der Waals surface area contributed by atoms with Gasteiger partial charge in [-0.2, -0.15) is 0 Å². The highest BCUT2D eigenvalue weighted by Crippen LogP contribution is 2.23. The van der Waals surface area contributed by atoms with E-state index in [1.165, 1.54) is 7.11 Å². The Kier molecular flexibility index (Phi) is 4.46. The van der Waals surface area contributed by atoms with E-state index < -0.39 is 24.3 Å². The van der Waals surface area contributed by atoms with Crippen LogP contribution in [0.4, 0.5) is 0 Å². The lowest BCUT2D eigenvalue weighted by molar-refractivity contribution is -0.150. The van der Waals surface area contributed by atoms with Gasteiger partial charge in [-0.15, -0.1) is 0 Å². The van der Waals surface area contributed by atoms with Crippen molar-refractivity contribution < 1.29 is 29.2 Å². The lowest BCUT2D eigenvalue weighted by Crippen LogP contribution is -2.37. The Morgan fingerprint density at radius 1 is 1.53 bits per heavy atom. The maximum atomic E-state index is 10.8. The lowest BCUT2D eigenvalue weighted by Gasteiger charge is -2.17. The number of ether oxygens (including phenoxy) is 3.